The summed E-state index contributed by atoms with van der Waals surface area (Å²) in [4.78, 5) is 32.7. The van der Waals surface area contributed by atoms with Gasteiger partial charge in [-0.3, -0.25) is 14.2 Å². The lowest BCUT2D eigenvalue weighted by Crippen LogP contribution is -2.40. The molecule has 6 nitrogen and oxygen atoms in total. The number of aromatic nitrogens is 1. The zero-order chi connectivity index (χ0) is 26.1. The summed E-state index contributed by atoms with van der Waals surface area (Å²) in [5, 5.41) is 3.59. The van der Waals surface area contributed by atoms with Gasteiger partial charge in [0.05, 0.1) is 29.0 Å². The van der Waals surface area contributed by atoms with E-state index in [2.05, 4.69) is 5.32 Å². The number of allylic oxidation sites excluding steroid dienone is 1. The Hall–Kier alpha value is -3.94. The van der Waals surface area contributed by atoms with E-state index in [9.17, 15) is 9.59 Å². The van der Waals surface area contributed by atoms with Crippen LogP contribution in [0.1, 0.15) is 29.7 Å². The number of aryl methyl sites for hydroxylation is 1. The predicted molar refractivity (Wildman–Crippen MR) is 148 cm³/mol. The molecule has 0 spiro atoms. The van der Waals surface area contributed by atoms with Crippen LogP contribution >= 0.6 is 22.9 Å². The first-order valence-electron chi connectivity index (χ1n) is 11.6. The van der Waals surface area contributed by atoms with Crippen LogP contribution in [0.25, 0.3) is 6.08 Å². The van der Waals surface area contributed by atoms with Crippen LogP contribution in [-0.4, -0.2) is 17.6 Å². The highest BCUT2D eigenvalue weighted by Gasteiger charge is 2.32. The van der Waals surface area contributed by atoms with E-state index in [0.29, 0.717) is 31.3 Å². The van der Waals surface area contributed by atoms with Gasteiger partial charge in [-0.1, -0.05) is 65.4 Å². The molecule has 1 aliphatic heterocycles. The molecule has 37 heavy (non-hydrogen) atoms. The SMILES string of the molecule is COc1ccc(/C=c2/sc3n(c2=O)[C@@H](c2ccc(Cl)cc2)C(C(=O)Nc2ccccc2C)=C(C)N=3)cc1. The number of thiazole rings is 1. The minimum absolute atomic E-state index is 0.215. The normalized spacial score (nSPS) is 15.2. The van der Waals surface area contributed by atoms with Gasteiger partial charge in [-0.05, 0) is 66.9 Å². The van der Waals surface area contributed by atoms with Crippen LogP contribution in [0, 0.1) is 6.92 Å². The van der Waals surface area contributed by atoms with Gasteiger partial charge in [-0.15, -0.1) is 0 Å². The number of hydrogen-bond acceptors (Lipinski definition) is 5. The van der Waals surface area contributed by atoms with Crippen molar-refractivity contribution in [3.63, 3.8) is 0 Å². The van der Waals surface area contributed by atoms with Crippen LogP contribution in [0.3, 0.4) is 0 Å². The van der Waals surface area contributed by atoms with E-state index < -0.39 is 6.04 Å². The van der Waals surface area contributed by atoms with Crippen molar-refractivity contribution in [2.75, 3.05) is 12.4 Å². The maximum Gasteiger partial charge on any atom is 0.271 e. The molecule has 0 aliphatic carbocycles. The third-order valence-electron chi connectivity index (χ3n) is 6.26. The first-order chi connectivity index (χ1) is 17.9. The van der Waals surface area contributed by atoms with Crippen LogP contribution in [0.5, 0.6) is 5.75 Å². The number of carbonyl (C=O) groups is 1. The van der Waals surface area contributed by atoms with E-state index in [1.807, 2.05) is 73.7 Å². The molecule has 0 saturated heterocycles. The summed E-state index contributed by atoms with van der Waals surface area (Å²) in [6.45, 7) is 3.73. The van der Waals surface area contributed by atoms with Crippen molar-refractivity contribution < 1.29 is 9.53 Å². The number of methoxy groups -OCH3 is 1. The van der Waals surface area contributed by atoms with Crippen LogP contribution in [0.4, 0.5) is 5.69 Å². The summed E-state index contributed by atoms with van der Waals surface area (Å²) in [5.74, 6) is 0.432. The van der Waals surface area contributed by atoms with Crippen LogP contribution in [-0.2, 0) is 4.79 Å². The highest BCUT2D eigenvalue weighted by Crippen LogP contribution is 2.31. The number of anilines is 1. The lowest BCUT2D eigenvalue weighted by molar-refractivity contribution is -0.113. The molecular weight excluding hydrogens is 506 g/mol. The molecule has 3 aromatic carbocycles. The number of amides is 1. The van der Waals surface area contributed by atoms with E-state index in [-0.39, 0.29) is 11.5 Å². The van der Waals surface area contributed by atoms with Gasteiger partial charge in [0.15, 0.2) is 4.80 Å². The molecule has 8 heteroatoms. The number of ether oxygens (including phenoxy) is 1. The van der Waals surface area contributed by atoms with Gasteiger partial charge in [-0.2, -0.15) is 0 Å². The topological polar surface area (TPSA) is 72.7 Å². The Kier molecular flexibility index (Phi) is 6.82. The quantitative estimate of drug-likeness (QED) is 0.402. The number of nitrogens with one attached hydrogen (secondary N) is 1. The molecule has 5 rings (SSSR count). The predicted octanol–water partition coefficient (Wildman–Crippen LogP) is 4.84. The fourth-order valence-corrected chi connectivity index (χ4v) is 5.50. The van der Waals surface area contributed by atoms with Gasteiger partial charge < -0.3 is 10.1 Å². The Morgan fingerprint density at radius 1 is 1.05 bits per heavy atom. The second kappa shape index (κ2) is 10.2. The van der Waals surface area contributed by atoms with Crippen LogP contribution in [0.15, 0.2) is 93.9 Å². The van der Waals surface area contributed by atoms with E-state index in [1.54, 1.807) is 30.7 Å². The van der Waals surface area contributed by atoms with Gasteiger partial charge in [0.2, 0.25) is 0 Å². The minimum Gasteiger partial charge on any atom is -0.497 e. The number of nitrogens with zero attached hydrogens (tertiary/aromatic N) is 2. The first-order valence-corrected chi connectivity index (χ1v) is 12.8. The second-order valence-electron chi connectivity index (χ2n) is 8.68. The highest BCUT2D eigenvalue weighted by molar-refractivity contribution is 7.07. The van der Waals surface area contributed by atoms with Crippen molar-refractivity contribution >= 4 is 40.6 Å². The standard InChI is InChI=1S/C29H24ClN3O3S/c1-17-6-4-5-7-23(17)32-27(34)25-18(2)31-29-33(26(25)20-10-12-21(30)13-11-20)28(35)24(37-29)16-19-8-14-22(36-3)15-9-19/h4-16,26H,1-3H3,(H,32,34)/b24-16+/t26-/m0/s1. The summed E-state index contributed by atoms with van der Waals surface area (Å²) in [6.07, 6.45) is 1.83. The number of rotatable bonds is 5. The maximum atomic E-state index is 13.8. The molecule has 1 atom stereocenters. The molecule has 186 valence electrons. The molecule has 0 saturated carbocycles. The number of halogens is 1. The smallest absolute Gasteiger partial charge is 0.271 e. The number of benzene rings is 3. The third-order valence-corrected chi connectivity index (χ3v) is 7.49. The van der Waals surface area contributed by atoms with E-state index in [1.165, 1.54) is 11.3 Å². The fourth-order valence-electron chi connectivity index (χ4n) is 4.33. The largest absolute Gasteiger partial charge is 0.497 e. The maximum absolute atomic E-state index is 13.8. The Morgan fingerprint density at radius 3 is 2.43 bits per heavy atom. The van der Waals surface area contributed by atoms with Crippen molar-refractivity contribution in [3.05, 3.63) is 125 Å². The molecule has 0 radical (unpaired) electrons. The zero-order valence-electron chi connectivity index (χ0n) is 20.5. The molecular formula is C29H24ClN3O3S. The number of carbonyl (C=O) groups excluding carboxylic acids is 1. The summed E-state index contributed by atoms with van der Waals surface area (Å²) in [7, 11) is 1.61. The Labute approximate surface area is 222 Å². The number of hydrogen-bond donors (Lipinski definition) is 1. The monoisotopic (exact) mass is 529 g/mol. The summed E-state index contributed by atoms with van der Waals surface area (Å²) < 4.78 is 7.36. The third kappa shape index (κ3) is 4.88. The average molecular weight is 530 g/mol. The van der Waals surface area contributed by atoms with Crippen LogP contribution in [0.2, 0.25) is 5.02 Å². The van der Waals surface area contributed by atoms with Crippen LogP contribution < -0.4 is 24.9 Å². The van der Waals surface area contributed by atoms with Crippen molar-refractivity contribution in [3.8, 4) is 5.75 Å². The molecule has 2 heterocycles. The zero-order valence-corrected chi connectivity index (χ0v) is 22.1. The van der Waals surface area contributed by atoms with Gasteiger partial charge in [0.1, 0.15) is 5.75 Å². The number of fused-ring (bicyclic) bond motifs is 1. The first kappa shape index (κ1) is 24.7. The van der Waals surface area contributed by atoms with Gasteiger partial charge in [-0.25, -0.2) is 4.99 Å². The van der Waals surface area contributed by atoms with Crippen molar-refractivity contribution in [1.29, 1.82) is 0 Å². The molecule has 1 N–H and O–H groups in total. The van der Waals surface area contributed by atoms with E-state index >= 15 is 0 Å². The second-order valence-corrected chi connectivity index (χ2v) is 10.1. The lowest BCUT2D eigenvalue weighted by Gasteiger charge is -2.25. The fraction of sp³-hybridized carbons (Fsp3) is 0.138. The van der Waals surface area contributed by atoms with Crippen molar-refractivity contribution in [1.82, 2.24) is 4.57 Å². The average Bonchev–Trinajstić information content (AvgIpc) is 3.19. The van der Waals surface area contributed by atoms with E-state index in [4.69, 9.17) is 21.3 Å². The lowest BCUT2D eigenvalue weighted by atomic mass is 9.95. The Morgan fingerprint density at radius 2 is 1.76 bits per heavy atom. The van der Waals surface area contributed by atoms with Gasteiger partial charge in [0, 0.05) is 10.7 Å². The Bertz CT molecular complexity index is 1700. The summed E-state index contributed by atoms with van der Waals surface area (Å²) in [5.41, 5.74) is 4.04. The van der Waals surface area contributed by atoms with Gasteiger partial charge in [0.25, 0.3) is 11.5 Å². The Balaban J connectivity index is 1.65. The molecule has 4 aromatic rings. The molecule has 0 fully saturated rings. The van der Waals surface area contributed by atoms with Crippen molar-refractivity contribution in [2.45, 2.75) is 19.9 Å². The highest BCUT2D eigenvalue weighted by atomic mass is 35.5. The molecule has 1 aromatic heterocycles. The molecule has 1 amide bonds. The number of para-hydroxylation sites is 1. The minimum atomic E-state index is -0.657. The van der Waals surface area contributed by atoms with E-state index in [0.717, 1.165) is 22.4 Å². The van der Waals surface area contributed by atoms with Crippen molar-refractivity contribution in [2.24, 2.45) is 4.99 Å². The summed E-state index contributed by atoms with van der Waals surface area (Å²) >= 11 is 7.46. The summed E-state index contributed by atoms with van der Waals surface area (Å²) in [6, 6.07) is 21.6. The molecule has 0 bridgehead atoms. The molecule has 0 unspecified atom stereocenters. The van der Waals surface area contributed by atoms with Gasteiger partial charge >= 0.3 is 0 Å². The molecule has 1 aliphatic rings.